The van der Waals surface area contributed by atoms with Gasteiger partial charge >= 0.3 is 0 Å². The van der Waals surface area contributed by atoms with Crippen LogP contribution in [0.5, 0.6) is 5.75 Å². The fraction of sp³-hybridized carbons (Fsp3) is 0.500. The summed E-state index contributed by atoms with van der Waals surface area (Å²) in [6, 6.07) is 5.41. The number of nitrogens with one attached hydrogen (secondary N) is 1. The van der Waals surface area contributed by atoms with Crippen molar-refractivity contribution in [3.63, 3.8) is 0 Å². The van der Waals surface area contributed by atoms with Crippen molar-refractivity contribution in [2.24, 2.45) is 0 Å². The molecule has 1 aromatic carbocycles. The van der Waals surface area contributed by atoms with Crippen LogP contribution in [0.4, 0.5) is 4.39 Å². The first-order valence-electron chi connectivity index (χ1n) is 5.23. The molecular weight excluding hydrogens is 193 g/mol. The molecule has 0 heterocycles. The zero-order valence-electron chi connectivity index (χ0n) is 9.51. The second-order valence-corrected chi connectivity index (χ2v) is 3.66. The van der Waals surface area contributed by atoms with Gasteiger partial charge in [-0.1, -0.05) is 13.0 Å². The van der Waals surface area contributed by atoms with Crippen LogP contribution in [-0.2, 0) is 6.54 Å². The molecule has 0 saturated carbocycles. The first-order valence-corrected chi connectivity index (χ1v) is 5.23. The highest BCUT2D eigenvalue weighted by molar-refractivity contribution is 5.30. The number of hydrogen-bond acceptors (Lipinski definition) is 2. The van der Waals surface area contributed by atoms with Crippen LogP contribution in [0.2, 0.25) is 0 Å². The number of rotatable bonds is 5. The Morgan fingerprint density at radius 2 is 2.20 bits per heavy atom. The maximum absolute atomic E-state index is 13.1. The van der Waals surface area contributed by atoms with Crippen LogP contribution >= 0.6 is 0 Å². The number of halogens is 1. The SMILES string of the molecule is CCC(C)NCc1ccc(F)c(OC)c1. The number of methoxy groups -OCH3 is 1. The van der Waals surface area contributed by atoms with Crippen molar-refractivity contribution in [1.29, 1.82) is 0 Å². The molecule has 0 aromatic heterocycles. The van der Waals surface area contributed by atoms with Gasteiger partial charge < -0.3 is 10.1 Å². The smallest absolute Gasteiger partial charge is 0.165 e. The molecule has 1 rings (SSSR count). The van der Waals surface area contributed by atoms with E-state index in [0.717, 1.165) is 18.5 Å². The van der Waals surface area contributed by atoms with Crippen LogP contribution in [0, 0.1) is 5.82 Å². The van der Waals surface area contributed by atoms with Crippen LogP contribution in [0.15, 0.2) is 18.2 Å². The van der Waals surface area contributed by atoms with Crippen LogP contribution in [-0.4, -0.2) is 13.2 Å². The lowest BCUT2D eigenvalue weighted by atomic mass is 10.2. The summed E-state index contributed by atoms with van der Waals surface area (Å²) in [5.74, 6) is -0.0109. The highest BCUT2D eigenvalue weighted by Crippen LogP contribution is 2.18. The van der Waals surface area contributed by atoms with E-state index in [9.17, 15) is 4.39 Å². The van der Waals surface area contributed by atoms with Crippen molar-refractivity contribution >= 4 is 0 Å². The Balaban J connectivity index is 2.62. The summed E-state index contributed by atoms with van der Waals surface area (Å²) in [5, 5.41) is 3.34. The van der Waals surface area contributed by atoms with Crippen LogP contribution in [0.25, 0.3) is 0 Å². The average Bonchev–Trinajstić information content (AvgIpc) is 2.27. The summed E-state index contributed by atoms with van der Waals surface area (Å²) in [4.78, 5) is 0. The Kier molecular flexibility index (Phi) is 4.56. The molecule has 0 saturated heterocycles. The standard InChI is InChI=1S/C12H18FNO/c1-4-9(2)14-8-10-5-6-11(13)12(7-10)15-3/h5-7,9,14H,4,8H2,1-3H3. The highest BCUT2D eigenvalue weighted by Gasteiger charge is 2.04. The summed E-state index contributed by atoms with van der Waals surface area (Å²) in [6.07, 6.45) is 1.08. The molecule has 2 nitrogen and oxygen atoms in total. The molecule has 0 aliphatic carbocycles. The van der Waals surface area contributed by atoms with Gasteiger partial charge in [-0.25, -0.2) is 4.39 Å². The van der Waals surface area contributed by atoms with Crippen LogP contribution in [0.1, 0.15) is 25.8 Å². The molecule has 15 heavy (non-hydrogen) atoms. The van der Waals surface area contributed by atoms with Crippen molar-refractivity contribution in [1.82, 2.24) is 5.32 Å². The van der Waals surface area contributed by atoms with Gasteiger partial charge in [0.05, 0.1) is 7.11 Å². The zero-order chi connectivity index (χ0) is 11.3. The lowest BCUT2D eigenvalue weighted by Gasteiger charge is -2.12. The fourth-order valence-corrected chi connectivity index (χ4v) is 1.25. The maximum atomic E-state index is 13.1. The maximum Gasteiger partial charge on any atom is 0.165 e. The number of benzene rings is 1. The molecule has 0 aliphatic rings. The van der Waals surface area contributed by atoms with E-state index in [2.05, 4.69) is 19.2 Å². The predicted octanol–water partition coefficient (Wildman–Crippen LogP) is 2.72. The van der Waals surface area contributed by atoms with Gasteiger partial charge in [0.15, 0.2) is 11.6 Å². The largest absolute Gasteiger partial charge is 0.494 e. The lowest BCUT2D eigenvalue weighted by molar-refractivity contribution is 0.385. The average molecular weight is 211 g/mol. The van der Waals surface area contributed by atoms with E-state index < -0.39 is 0 Å². The molecule has 0 aliphatic heterocycles. The molecule has 1 aromatic rings. The molecule has 1 N–H and O–H groups in total. The van der Waals surface area contributed by atoms with Crippen molar-refractivity contribution in [2.45, 2.75) is 32.9 Å². The van der Waals surface area contributed by atoms with Crippen molar-refractivity contribution in [3.8, 4) is 5.75 Å². The van der Waals surface area contributed by atoms with Gasteiger partial charge in [0.25, 0.3) is 0 Å². The van der Waals surface area contributed by atoms with Crippen LogP contribution in [0.3, 0.4) is 0 Å². The minimum Gasteiger partial charge on any atom is -0.494 e. The molecule has 0 radical (unpaired) electrons. The Morgan fingerprint density at radius 1 is 1.47 bits per heavy atom. The summed E-state index contributed by atoms with van der Waals surface area (Å²) in [5.41, 5.74) is 1.04. The predicted molar refractivity (Wildman–Crippen MR) is 59.5 cm³/mol. The lowest BCUT2D eigenvalue weighted by Crippen LogP contribution is -2.24. The van der Waals surface area contributed by atoms with Crippen molar-refractivity contribution in [3.05, 3.63) is 29.6 Å². The normalized spacial score (nSPS) is 12.5. The topological polar surface area (TPSA) is 21.3 Å². The fourth-order valence-electron chi connectivity index (χ4n) is 1.25. The molecule has 1 atom stereocenters. The summed E-state index contributed by atoms with van der Waals surface area (Å²) >= 11 is 0. The quantitative estimate of drug-likeness (QED) is 0.808. The van der Waals surface area contributed by atoms with Gasteiger partial charge in [0.2, 0.25) is 0 Å². The summed E-state index contributed by atoms with van der Waals surface area (Å²) in [7, 11) is 1.48. The summed E-state index contributed by atoms with van der Waals surface area (Å²) in [6.45, 7) is 5.00. The van der Waals surface area contributed by atoms with E-state index >= 15 is 0 Å². The van der Waals surface area contributed by atoms with E-state index in [4.69, 9.17) is 4.74 Å². The number of hydrogen-bond donors (Lipinski definition) is 1. The van der Waals surface area contributed by atoms with Gasteiger partial charge in [-0.05, 0) is 31.0 Å². The third-order valence-corrected chi connectivity index (χ3v) is 2.48. The summed E-state index contributed by atoms with van der Waals surface area (Å²) < 4.78 is 18.0. The Hall–Kier alpha value is -1.09. The van der Waals surface area contributed by atoms with Gasteiger partial charge in [-0.3, -0.25) is 0 Å². The van der Waals surface area contributed by atoms with Gasteiger partial charge in [0.1, 0.15) is 0 Å². The molecule has 0 amide bonds. The van der Waals surface area contributed by atoms with E-state index in [1.54, 1.807) is 12.1 Å². The van der Waals surface area contributed by atoms with Crippen molar-refractivity contribution < 1.29 is 9.13 Å². The Morgan fingerprint density at radius 3 is 2.80 bits per heavy atom. The Labute approximate surface area is 90.4 Å². The third kappa shape index (κ3) is 3.51. The van der Waals surface area contributed by atoms with Gasteiger partial charge in [-0.2, -0.15) is 0 Å². The molecule has 84 valence electrons. The highest BCUT2D eigenvalue weighted by atomic mass is 19.1. The Bertz CT molecular complexity index is 314. The monoisotopic (exact) mass is 211 g/mol. The van der Waals surface area contributed by atoms with Gasteiger partial charge in [-0.15, -0.1) is 0 Å². The first kappa shape index (κ1) is 12.0. The van der Waals surface area contributed by atoms with E-state index in [0.29, 0.717) is 11.8 Å². The number of ether oxygens (including phenoxy) is 1. The molecule has 3 heteroatoms. The van der Waals surface area contributed by atoms with E-state index in [1.165, 1.54) is 13.2 Å². The molecule has 0 fully saturated rings. The van der Waals surface area contributed by atoms with E-state index in [1.807, 2.05) is 0 Å². The molecule has 0 spiro atoms. The molecule has 1 unspecified atom stereocenters. The first-order chi connectivity index (χ1) is 7.17. The van der Waals surface area contributed by atoms with E-state index in [-0.39, 0.29) is 5.82 Å². The molecular formula is C12H18FNO. The third-order valence-electron chi connectivity index (χ3n) is 2.48. The van der Waals surface area contributed by atoms with Crippen molar-refractivity contribution in [2.75, 3.05) is 7.11 Å². The zero-order valence-corrected chi connectivity index (χ0v) is 9.51. The second kappa shape index (κ2) is 5.71. The minimum absolute atomic E-state index is 0.304. The molecule has 0 bridgehead atoms. The minimum atomic E-state index is -0.315. The van der Waals surface area contributed by atoms with Crippen LogP contribution < -0.4 is 10.1 Å². The van der Waals surface area contributed by atoms with Gasteiger partial charge in [0, 0.05) is 12.6 Å². The second-order valence-electron chi connectivity index (χ2n) is 3.66.